The number of nitrogens with zero attached hydrogens (tertiary/aromatic N) is 2. The molecule has 1 fully saturated rings. The average molecular weight is 368 g/mol. The van der Waals surface area contributed by atoms with Crippen molar-refractivity contribution >= 4 is 22.6 Å². The molecule has 1 aliphatic heterocycles. The highest BCUT2D eigenvalue weighted by atomic mass is 16.5. The van der Waals surface area contributed by atoms with E-state index in [9.17, 15) is 9.59 Å². The second-order valence-corrected chi connectivity index (χ2v) is 7.14. The van der Waals surface area contributed by atoms with Gasteiger partial charge in [-0.15, -0.1) is 0 Å². The number of piperazine rings is 1. The van der Waals surface area contributed by atoms with Gasteiger partial charge in [0.2, 0.25) is 5.91 Å². The number of amides is 2. The first-order valence-electron chi connectivity index (χ1n) is 9.71. The Morgan fingerprint density at radius 1 is 0.963 bits per heavy atom. The minimum Gasteiger partial charge on any atom is -0.484 e. The highest BCUT2D eigenvalue weighted by molar-refractivity contribution is 5.84. The molecule has 0 N–H and O–H groups in total. The lowest BCUT2D eigenvalue weighted by Gasteiger charge is -2.45. The highest BCUT2D eigenvalue weighted by Gasteiger charge is 2.35. The standard InChI is InChI=1S/C22H28N2O3/c1-4-19-14-24(20(5-2)13-23(19)16(3)25)22(26)15-27-21-11-10-17-8-6-7-9-18(17)12-21/h6-12,19-20H,4-5,13-15H2,1-3H3/t19-,20+/m1/s1. The van der Waals surface area contributed by atoms with E-state index in [2.05, 4.69) is 19.9 Å². The summed E-state index contributed by atoms with van der Waals surface area (Å²) in [5.74, 6) is 0.765. The Kier molecular flexibility index (Phi) is 5.99. The quantitative estimate of drug-likeness (QED) is 0.812. The second-order valence-electron chi connectivity index (χ2n) is 7.14. The van der Waals surface area contributed by atoms with Gasteiger partial charge in [0, 0.05) is 32.1 Å². The Hall–Kier alpha value is -2.56. The zero-order valence-electron chi connectivity index (χ0n) is 16.4. The fourth-order valence-electron chi connectivity index (χ4n) is 3.82. The molecule has 0 aliphatic carbocycles. The molecule has 2 aromatic rings. The number of rotatable bonds is 5. The maximum absolute atomic E-state index is 12.8. The molecule has 2 amide bonds. The molecule has 1 heterocycles. The van der Waals surface area contributed by atoms with Gasteiger partial charge in [-0.3, -0.25) is 9.59 Å². The molecular formula is C22H28N2O3. The molecule has 0 unspecified atom stereocenters. The molecule has 5 heteroatoms. The van der Waals surface area contributed by atoms with Crippen molar-refractivity contribution in [2.24, 2.45) is 0 Å². The highest BCUT2D eigenvalue weighted by Crippen LogP contribution is 2.22. The third kappa shape index (κ3) is 4.24. The number of benzene rings is 2. The summed E-state index contributed by atoms with van der Waals surface area (Å²) < 4.78 is 5.79. The minimum atomic E-state index is -0.0170. The number of hydrogen-bond donors (Lipinski definition) is 0. The van der Waals surface area contributed by atoms with E-state index in [-0.39, 0.29) is 30.5 Å². The van der Waals surface area contributed by atoms with E-state index in [1.165, 1.54) is 0 Å². The summed E-state index contributed by atoms with van der Waals surface area (Å²) in [7, 11) is 0. The number of fused-ring (bicyclic) bond motifs is 1. The van der Waals surface area contributed by atoms with Gasteiger partial charge in [-0.05, 0) is 35.7 Å². The first-order chi connectivity index (χ1) is 13.0. The normalized spacial score (nSPS) is 20.0. The number of carbonyl (C=O) groups is 2. The predicted molar refractivity (Wildman–Crippen MR) is 107 cm³/mol. The predicted octanol–water partition coefficient (Wildman–Crippen LogP) is 3.47. The van der Waals surface area contributed by atoms with Crippen LogP contribution in [0.3, 0.4) is 0 Å². The van der Waals surface area contributed by atoms with Crippen molar-refractivity contribution in [3.63, 3.8) is 0 Å². The molecule has 1 saturated heterocycles. The van der Waals surface area contributed by atoms with Gasteiger partial charge in [0.05, 0.1) is 0 Å². The topological polar surface area (TPSA) is 49.9 Å². The third-order valence-electron chi connectivity index (χ3n) is 5.45. The van der Waals surface area contributed by atoms with E-state index >= 15 is 0 Å². The molecule has 2 aromatic carbocycles. The molecule has 0 bridgehead atoms. The van der Waals surface area contributed by atoms with E-state index in [4.69, 9.17) is 4.74 Å². The Morgan fingerprint density at radius 3 is 2.26 bits per heavy atom. The van der Waals surface area contributed by atoms with Crippen molar-refractivity contribution in [3.8, 4) is 5.75 Å². The van der Waals surface area contributed by atoms with Crippen LogP contribution in [0.1, 0.15) is 33.6 Å². The summed E-state index contributed by atoms with van der Waals surface area (Å²) in [6.07, 6.45) is 1.66. The van der Waals surface area contributed by atoms with E-state index in [1.807, 2.05) is 46.2 Å². The maximum atomic E-state index is 12.8. The van der Waals surface area contributed by atoms with Crippen LogP contribution in [0.25, 0.3) is 10.8 Å². The number of hydrogen-bond acceptors (Lipinski definition) is 3. The van der Waals surface area contributed by atoms with Crippen LogP contribution in [0.15, 0.2) is 42.5 Å². The largest absolute Gasteiger partial charge is 0.484 e. The fraction of sp³-hybridized carbons (Fsp3) is 0.455. The Bertz CT molecular complexity index is 820. The van der Waals surface area contributed by atoms with E-state index < -0.39 is 0 Å². The molecule has 0 radical (unpaired) electrons. The average Bonchev–Trinajstić information content (AvgIpc) is 2.70. The zero-order valence-corrected chi connectivity index (χ0v) is 16.4. The first-order valence-corrected chi connectivity index (χ1v) is 9.71. The van der Waals surface area contributed by atoms with Crippen molar-refractivity contribution in [3.05, 3.63) is 42.5 Å². The second kappa shape index (κ2) is 8.42. The van der Waals surface area contributed by atoms with Gasteiger partial charge >= 0.3 is 0 Å². The Balaban J connectivity index is 1.67. The molecule has 144 valence electrons. The van der Waals surface area contributed by atoms with E-state index in [1.54, 1.807) is 6.92 Å². The summed E-state index contributed by atoms with van der Waals surface area (Å²) in [6.45, 7) is 6.92. The van der Waals surface area contributed by atoms with Crippen LogP contribution in [-0.2, 0) is 9.59 Å². The summed E-state index contributed by atoms with van der Waals surface area (Å²) in [5.41, 5.74) is 0. The molecule has 0 spiro atoms. The van der Waals surface area contributed by atoms with Crippen LogP contribution in [0.2, 0.25) is 0 Å². The summed E-state index contributed by atoms with van der Waals surface area (Å²) in [6, 6.07) is 14.1. The lowest BCUT2D eigenvalue weighted by atomic mass is 10.0. The van der Waals surface area contributed by atoms with Gasteiger partial charge in [-0.25, -0.2) is 0 Å². The zero-order chi connectivity index (χ0) is 19.4. The van der Waals surface area contributed by atoms with Crippen molar-refractivity contribution < 1.29 is 14.3 Å². The van der Waals surface area contributed by atoms with Gasteiger partial charge in [0.25, 0.3) is 5.91 Å². The minimum absolute atomic E-state index is 0.0170. The third-order valence-corrected chi connectivity index (χ3v) is 5.45. The summed E-state index contributed by atoms with van der Waals surface area (Å²) in [5, 5.41) is 2.24. The van der Waals surface area contributed by atoms with Crippen molar-refractivity contribution in [2.75, 3.05) is 19.7 Å². The number of carbonyl (C=O) groups excluding carboxylic acids is 2. The SMILES string of the molecule is CC[C@@H]1CN(C(=O)COc2ccc3ccccc3c2)[C@@H](CC)CN1C(C)=O. The summed E-state index contributed by atoms with van der Waals surface area (Å²) >= 11 is 0. The lowest BCUT2D eigenvalue weighted by molar-refractivity contribution is -0.147. The van der Waals surface area contributed by atoms with Crippen molar-refractivity contribution in [1.29, 1.82) is 0 Å². The van der Waals surface area contributed by atoms with E-state index in [0.717, 1.165) is 23.6 Å². The van der Waals surface area contributed by atoms with Gasteiger partial charge in [-0.1, -0.05) is 44.2 Å². The van der Waals surface area contributed by atoms with Crippen LogP contribution in [0, 0.1) is 0 Å². The van der Waals surface area contributed by atoms with E-state index in [0.29, 0.717) is 18.8 Å². The molecule has 2 atom stereocenters. The molecule has 0 saturated carbocycles. The molecule has 27 heavy (non-hydrogen) atoms. The maximum Gasteiger partial charge on any atom is 0.260 e. The van der Waals surface area contributed by atoms with Crippen LogP contribution in [0.5, 0.6) is 5.75 Å². The van der Waals surface area contributed by atoms with Crippen molar-refractivity contribution in [1.82, 2.24) is 9.80 Å². The van der Waals surface area contributed by atoms with Gasteiger partial charge < -0.3 is 14.5 Å². The lowest BCUT2D eigenvalue weighted by Crippen LogP contribution is -2.61. The molecular weight excluding hydrogens is 340 g/mol. The van der Waals surface area contributed by atoms with Crippen LogP contribution in [0.4, 0.5) is 0 Å². The van der Waals surface area contributed by atoms with Crippen LogP contribution >= 0.6 is 0 Å². The van der Waals surface area contributed by atoms with Crippen LogP contribution in [-0.4, -0.2) is 53.4 Å². The molecule has 3 rings (SSSR count). The van der Waals surface area contributed by atoms with Gasteiger partial charge in [0.15, 0.2) is 6.61 Å². The number of ether oxygens (including phenoxy) is 1. The van der Waals surface area contributed by atoms with Crippen molar-refractivity contribution in [2.45, 2.75) is 45.7 Å². The van der Waals surface area contributed by atoms with Gasteiger partial charge in [0.1, 0.15) is 5.75 Å². The fourth-order valence-corrected chi connectivity index (χ4v) is 3.82. The monoisotopic (exact) mass is 368 g/mol. The smallest absolute Gasteiger partial charge is 0.260 e. The Labute approximate surface area is 160 Å². The Morgan fingerprint density at radius 2 is 1.59 bits per heavy atom. The summed E-state index contributed by atoms with van der Waals surface area (Å²) in [4.78, 5) is 28.6. The molecule has 0 aromatic heterocycles. The van der Waals surface area contributed by atoms with Gasteiger partial charge in [-0.2, -0.15) is 0 Å². The first kappa shape index (κ1) is 19.2. The van der Waals surface area contributed by atoms with Crippen LogP contribution < -0.4 is 4.74 Å². The molecule has 1 aliphatic rings. The molecule has 5 nitrogen and oxygen atoms in total.